The number of carbonyl (C=O) groups excluding carboxylic acids is 1. The molecule has 0 unspecified atom stereocenters. The van der Waals surface area contributed by atoms with Gasteiger partial charge in [-0.2, -0.15) is 0 Å². The fourth-order valence-corrected chi connectivity index (χ4v) is 4.54. The van der Waals surface area contributed by atoms with Crippen molar-refractivity contribution in [2.45, 2.75) is 37.8 Å². The van der Waals surface area contributed by atoms with Crippen molar-refractivity contribution >= 4 is 5.91 Å². The zero-order chi connectivity index (χ0) is 18.9. The molecule has 1 fully saturated rings. The third kappa shape index (κ3) is 3.28. The van der Waals surface area contributed by atoms with Gasteiger partial charge in [-0.1, -0.05) is 24.3 Å². The lowest BCUT2D eigenvalue weighted by Crippen LogP contribution is -2.56. The zero-order valence-electron chi connectivity index (χ0n) is 16.1. The number of methoxy groups -OCH3 is 1. The number of aromatic nitrogens is 2. The molecule has 2 aromatic rings. The molecule has 6 nitrogen and oxygen atoms in total. The summed E-state index contributed by atoms with van der Waals surface area (Å²) in [7, 11) is 3.72. The largest absolute Gasteiger partial charge is 0.381 e. The van der Waals surface area contributed by atoms with E-state index in [2.05, 4.69) is 15.5 Å². The number of amides is 1. The van der Waals surface area contributed by atoms with E-state index in [9.17, 15) is 4.79 Å². The molecule has 144 valence electrons. The molecule has 1 aromatic carbocycles. The number of imidazole rings is 1. The molecule has 4 rings (SSSR count). The van der Waals surface area contributed by atoms with Crippen LogP contribution in [0, 0.1) is 0 Å². The number of carbonyl (C=O) groups is 1. The maximum atomic E-state index is 13.3. The van der Waals surface area contributed by atoms with E-state index in [1.807, 2.05) is 31.6 Å². The molecular formula is C21H27N3O3. The van der Waals surface area contributed by atoms with Crippen molar-refractivity contribution in [2.24, 2.45) is 7.05 Å². The van der Waals surface area contributed by atoms with E-state index in [0.717, 1.165) is 42.6 Å². The van der Waals surface area contributed by atoms with E-state index in [4.69, 9.17) is 14.5 Å². The molecule has 1 saturated heterocycles. The fraction of sp³-hybridized carbons (Fsp3) is 0.524. The lowest BCUT2D eigenvalue weighted by atomic mass is 9.80. The van der Waals surface area contributed by atoms with Crippen LogP contribution >= 0.6 is 0 Å². The van der Waals surface area contributed by atoms with E-state index in [0.29, 0.717) is 26.2 Å². The molecule has 27 heavy (non-hydrogen) atoms. The Kier molecular flexibility index (Phi) is 5.02. The molecule has 3 heterocycles. The van der Waals surface area contributed by atoms with Crippen LogP contribution in [0.15, 0.2) is 30.6 Å². The minimum atomic E-state index is -0.325. The lowest BCUT2D eigenvalue weighted by molar-refractivity contribution is -0.143. The maximum Gasteiger partial charge on any atom is 0.227 e. The van der Waals surface area contributed by atoms with Gasteiger partial charge < -0.3 is 18.9 Å². The van der Waals surface area contributed by atoms with Gasteiger partial charge in [-0.15, -0.1) is 0 Å². The third-order valence-electron chi connectivity index (χ3n) is 5.87. The molecule has 0 bridgehead atoms. The summed E-state index contributed by atoms with van der Waals surface area (Å²) in [6.45, 7) is 2.64. The highest BCUT2D eigenvalue weighted by Crippen LogP contribution is 2.42. The molecule has 2 aliphatic rings. The molecule has 0 aliphatic carbocycles. The van der Waals surface area contributed by atoms with Crippen molar-refractivity contribution in [3.8, 4) is 0 Å². The molecule has 2 aliphatic heterocycles. The maximum absolute atomic E-state index is 13.3. The first kappa shape index (κ1) is 18.2. The van der Waals surface area contributed by atoms with Gasteiger partial charge in [0, 0.05) is 46.0 Å². The van der Waals surface area contributed by atoms with Gasteiger partial charge in [-0.3, -0.25) is 4.79 Å². The van der Waals surface area contributed by atoms with E-state index in [1.54, 1.807) is 7.11 Å². The molecular weight excluding hydrogens is 342 g/mol. The molecule has 1 aromatic heterocycles. The Morgan fingerprint density at radius 2 is 2.07 bits per heavy atom. The van der Waals surface area contributed by atoms with Gasteiger partial charge >= 0.3 is 0 Å². The molecule has 1 spiro atoms. The van der Waals surface area contributed by atoms with Crippen LogP contribution < -0.4 is 0 Å². The van der Waals surface area contributed by atoms with Crippen molar-refractivity contribution in [1.82, 2.24) is 14.5 Å². The van der Waals surface area contributed by atoms with E-state index < -0.39 is 0 Å². The topological polar surface area (TPSA) is 56.6 Å². The molecule has 1 amide bonds. The second-order valence-electron chi connectivity index (χ2n) is 7.52. The third-order valence-corrected chi connectivity index (χ3v) is 5.87. The smallest absolute Gasteiger partial charge is 0.227 e. The van der Waals surface area contributed by atoms with Gasteiger partial charge in [0.15, 0.2) is 0 Å². The molecule has 0 radical (unpaired) electrons. The number of aryl methyl sites for hydroxylation is 1. The van der Waals surface area contributed by atoms with Crippen molar-refractivity contribution in [3.05, 3.63) is 53.1 Å². The number of nitrogens with zero attached hydrogens (tertiary/aromatic N) is 3. The van der Waals surface area contributed by atoms with E-state index in [1.165, 1.54) is 5.69 Å². The highest BCUT2D eigenvalue weighted by atomic mass is 16.5. The Labute approximate surface area is 160 Å². The quantitative estimate of drug-likeness (QED) is 0.829. The number of fused-ring (bicyclic) bond motifs is 2. The molecule has 6 heteroatoms. The first-order chi connectivity index (χ1) is 13.1. The van der Waals surface area contributed by atoms with Gasteiger partial charge in [0.2, 0.25) is 5.91 Å². The van der Waals surface area contributed by atoms with Crippen LogP contribution in [-0.2, 0) is 46.3 Å². The Bertz CT molecular complexity index is 824. The van der Waals surface area contributed by atoms with E-state index >= 15 is 0 Å². The standard InChI is InChI=1S/C21H27N3O3/c1-23-15-22-20-18(23)6-9-24(21(20)7-10-27-11-8-21)19(25)13-16-4-3-5-17(12-16)14-26-2/h3-5,12,15H,6-11,13-14H2,1-2H3. The molecule has 0 N–H and O–H groups in total. The second kappa shape index (κ2) is 7.44. The highest BCUT2D eigenvalue weighted by Gasteiger charge is 2.48. The summed E-state index contributed by atoms with van der Waals surface area (Å²) in [5, 5.41) is 0. The first-order valence-corrected chi connectivity index (χ1v) is 9.60. The lowest BCUT2D eigenvalue weighted by Gasteiger charge is -2.48. The van der Waals surface area contributed by atoms with Crippen LogP contribution in [0.1, 0.15) is 35.4 Å². The fourth-order valence-electron chi connectivity index (χ4n) is 4.54. The van der Waals surface area contributed by atoms with Crippen molar-refractivity contribution in [1.29, 1.82) is 0 Å². The summed E-state index contributed by atoms with van der Waals surface area (Å²) in [5.74, 6) is 0.169. The summed E-state index contributed by atoms with van der Waals surface area (Å²) < 4.78 is 12.9. The first-order valence-electron chi connectivity index (χ1n) is 9.60. The van der Waals surface area contributed by atoms with Crippen molar-refractivity contribution in [3.63, 3.8) is 0 Å². The highest BCUT2D eigenvalue weighted by molar-refractivity contribution is 5.80. The predicted octanol–water partition coefficient (Wildman–Crippen LogP) is 2.20. The molecule has 0 atom stereocenters. The summed E-state index contributed by atoms with van der Waals surface area (Å²) in [5.41, 5.74) is 4.12. The van der Waals surface area contributed by atoms with Gasteiger partial charge in [0.1, 0.15) is 0 Å². The van der Waals surface area contributed by atoms with Crippen molar-refractivity contribution < 1.29 is 14.3 Å². The monoisotopic (exact) mass is 369 g/mol. The summed E-state index contributed by atoms with van der Waals surface area (Å²) >= 11 is 0. The van der Waals surface area contributed by atoms with Crippen LogP contribution in [0.4, 0.5) is 0 Å². The van der Waals surface area contributed by atoms with Crippen LogP contribution in [-0.4, -0.2) is 47.2 Å². The van der Waals surface area contributed by atoms with Crippen LogP contribution in [0.2, 0.25) is 0 Å². The average molecular weight is 369 g/mol. The number of ether oxygens (including phenoxy) is 2. The van der Waals surface area contributed by atoms with E-state index in [-0.39, 0.29) is 11.4 Å². The summed E-state index contributed by atoms with van der Waals surface area (Å²) in [6, 6.07) is 8.10. The van der Waals surface area contributed by atoms with Gasteiger partial charge in [-0.25, -0.2) is 4.98 Å². The number of benzene rings is 1. The minimum Gasteiger partial charge on any atom is -0.381 e. The van der Waals surface area contributed by atoms with Crippen LogP contribution in [0.5, 0.6) is 0 Å². The normalized spacial score (nSPS) is 18.5. The Morgan fingerprint density at radius 1 is 1.30 bits per heavy atom. The van der Waals surface area contributed by atoms with Crippen LogP contribution in [0.25, 0.3) is 0 Å². The molecule has 0 saturated carbocycles. The van der Waals surface area contributed by atoms with Gasteiger partial charge in [0.05, 0.1) is 30.6 Å². The summed E-state index contributed by atoms with van der Waals surface area (Å²) in [4.78, 5) is 20.1. The Hall–Kier alpha value is -2.18. The average Bonchev–Trinajstić information content (AvgIpc) is 3.05. The van der Waals surface area contributed by atoms with Gasteiger partial charge in [0.25, 0.3) is 0 Å². The number of hydrogen-bond acceptors (Lipinski definition) is 4. The Balaban J connectivity index is 1.62. The van der Waals surface area contributed by atoms with Gasteiger partial charge in [-0.05, 0) is 24.0 Å². The summed E-state index contributed by atoms with van der Waals surface area (Å²) in [6.07, 6.45) is 4.76. The number of hydrogen-bond donors (Lipinski definition) is 0. The second-order valence-corrected chi connectivity index (χ2v) is 7.52. The zero-order valence-corrected chi connectivity index (χ0v) is 16.1. The minimum absolute atomic E-state index is 0.169. The number of rotatable bonds is 4. The Morgan fingerprint density at radius 3 is 2.85 bits per heavy atom. The van der Waals surface area contributed by atoms with Crippen molar-refractivity contribution in [2.75, 3.05) is 26.9 Å². The SMILES string of the molecule is COCc1cccc(CC(=O)N2CCc3c(ncn3C)C23CCOCC3)c1. The predicted molar refractivity (Wildman–Crippen MR) is 101 cm³/mol. The van der Waals surface area contributed by atoms with Crippen LogP contribution in [0.3, 0.4) is 0 Å².